The molecule has 1 amide bonds. The van der Waals surface area contributed by atoms with Gasteiger partial charge in [-0.15, -0.1) is 5.92 Å². The van der Waals surface area contributed by atoms with Crippen molar-refractivity contribution in [3.63, 3.8) is 0 Å². The van der Waals surface area contributed by atoms with E-state index in [1.54, 1.807) is 19.1 Å². The Morgan fingerprint density at radius 2 is 1.90 bits per heavy atom. The minimum atomic E-state index is -0.336. The van der Waals surface area contributed by atoms with Crippen LogP contribution in [0.2, 0.25) is 0 Å². The number of rotatable bonds is 5. The number of hydrazine groups is 1. The van der Waals surface area contributed by atoms with E-state index in [1.165, 1.54) is 0 Å². The highest BCUT2D eigenvalue weighted by Gasteiger charge is 2.04. The van der Waals surface area contributed by atoms with E-state index in [4.69, 9.17) is 0 Å². The lowest BCUT2D eigenvalue weighted by molar-refractivity contribution is -0.117. The number of halogens is 1. The van der Waals surface area contributed by atoms with Gasteiger partial charge in [-0.1, -0.05) is 47.1 Å². The SMILES string of the molecule is C=C(/C=C\C#CC)C(=O)NNC(=C)c1ccc(Br)cc1. The van der Waals surface area contributed by atoms with E-state index < -0.39 is 0 Å². The summed E-state index contributed by atoms with van der Waals surface area (Å²) in [7, 11) is 0. The summed E-state index contributed by atoms with van der Waals surface area (Å²) in [4.78, 5) is 11.7. The number of carbonyl (C=O) groups excluding carboxylic acids is 1. The molecule has 0 aliphatic heterocycles. The van der Waals surface area contributed by atoms with Crippen LogP contribution in [-0.4, -0.2) is 5.91 Å². The van der Waals surface area contributed by atoms with Crippen LogP contribution in [-0.2, 0) is 4.79 Å². The van der Waals surface area contributed by atoms with Gasteiger partial charge in [-0.3, -0.25) is 15.6 Å². The fraction of sp³-hybridized carbons (Fsp3) is 0.0625. The third-order valence-electron chi connectivity index (χ3n) is 2.32. The molecular weight excluding hydrogens is 316 g/mol. The molecule has 0 heterocycles. The zero-order chi connectivity index (χ0) is 15.0. The van der Waals surface area contributed by atoms with Crippen LogP contribution < -0.4 is 10.9 Å². The number of hydrogen-bond donors (Lipinski definition) is 2. The van der Waals surface area contributed by atoms with E-state index >= 15 is 0 Å². The molecule has 0 aromatic heterocycles. The molecular formula is C16H15BrN2O. The summed E-state index contributed by atoms with van der Waals surface area (Å²) in [6.45, 7) is 9.22. The molecule has 0 saturated heterocycles. The molecule has 0 fully saturated rings. The summed E-state index contributed by atoms with van der Waals surface area (Å²) >= 11 is 3.36. The van der Waals surface area contributed by atoms with E-state index in [1.807, 2.05) is 24.3 Å². The second-order valence-electron chi connectivity index (χ2n) is 3.82. The largest absolute Gasteiger partial charge is 0.298 e. The maximum absolute atomic E-state index is 11.7. The van der Waals surface area contributed by atoms with Gasteiger partial charge in [0.15, 0.2) is 0 Å². The number of allylic oxidation sites excluding steroid dienone is 1. The Balaban J connectivity index is 2.51. The van der Waals surface area contributed by atoms with Crippen molar-refractivity contribution in [3.8, 4) is 11.8 Å². The first kappa shape index (κ1) is 15.8. The van der Waals surface area contributed by atoms with Crippen LogP contribution in [0.5, 0.6) is 0 Å². The summed E-state index contributed by atoms with van der Waals surface area (Å²) in [5, 5.41) is 0. The Kier molecular flexibility index (Phi) is 6.34. The lowest BCUT2D eigenvalue weighted by atomic mass is 10.2. The summed E-state index contributed by atoms with van der Waals surface area (Å²) in [6, 6.07) is 7.57. The second kappa shape index (κ2) is 8.03. The Morgan fingerprint density at radius 3 is 2.50 bits per heavy atom. The van der Waals surface area contributed by atoms with Crippen molar-refractivity contribution in [3.05, 3.63) is 65.2 Å². The number of carbonyl (C=O) groups is 1. The topological polar surface area (TPSA) is 41.1 Å². The van der Waals surface area contributed by atoms with Gasteiger partial charge in [0.2, 0.25) is 0 Å². The Bertz CT molecular complexity index is 604. The maximum Gasteiger partial charge on any atom is 0.269 e. The molecule has 0 unspecified atom stereocenters. The average Bonchev–Trinajstić information content (AvgIpc) is 2.45. The van der Waals surface area contributed by atoms with E-state index in [-0.39, 0.29) is 5.91 Å². The molecule has 102 valence electrons. The Labute approximate surface area is 127 Å². The lowest BCUT2D eigenvalue weighted by Gasteiger charge is -2.11. The molecule has 0 saturated carbocycles. The normalized spacial score (nSPS) is 9.50. The molecule has 0 bridgehead atoms. The monoisotopic (exact) mass is 330 g/mol. The van der Waals surface area contributed by atoms with Crippen LogP contribution in [0.3, 0.4) is 0 Å². The number of nitrogens with one attached hydrogen (secondary N) is 2. The molecule has 1 aromatic carbocycles. The zero-order valence-corrected chi connectivity index (χ0v) is 12.8. The molecule has 0 radical (unpaired) electrons. The van der Waals surface area contributed by atoms with Crippen molar-refractivity contribution in [2.24, 2.45) is 0 Å². The van der Waals surface area contributed by atoms with E-state index in [0.717, 1.165) is 10.0 Å². The molecule has 1 aromatic rings. The molecule has 3 nitrogen and oxygen atoms in total. The molecule has 0 aliphatic rings. The molecule has 0 spiro atoms. The van der Waals surface area contributed by atoms with Gasteiger partial charge in [-0.05, 0) is 36.8 Å². The standard InChI is InChI=1S/C16H15BrN2O/c1-4-5-6-7-12(2)16(20)19-18-13(3)14-8-10-15(17)11-9-14/h6-11,18H,2-3H2,1H3,(H,19,20)/b7-6-. The number of amides is 1. The first-order valence-corrected chi connectivity index (χ1v) is 6.63. The number of benzene rings is 1. The van der Waals surface area contributed by atoms with Gasteiger partial charge in [0, 0.05) is 10.0 Å². The fourth-order valence-electron chi connectivity index (χ4n) is 1.24. The van der Waals surface area contributed by atoms with Crippen LogP contribution >= 0.6 is 15.9 Å². The van der Waals surface area contributed by atoms with Crippen molar-refractivity contribution in [1.29, 1.82) is 0 Å². The second-order valence-corrected chi connectivity index (χ2v) is 4.73. The minimum Gasteiger partial charge on any atom is -0.298 e. The average molecular weight is 331 g/mol. The molecule has 1 rings (SSSR count). The Morgan fingerprint density at radius 1 is 1.25 bits per heavy atom. The quantitative estimate of drug-likeness (QED) is 0.377. The highest BCUT2D eigenvalue weighted by Crippen LogP contribution is 2.14. The van der Waals surface area contributed by atoms with Crippen LogP contribution in [0.15, 0.2) is 59.6 Å². The molecule has 20 heavy (non-hydrogen) atoms. The predicted molar refractivity (Wildman–Crippen MR) is 86.2 cm³/mol. The van der Waals surface area contributed by atoms with Gasteiger partial charge in [0.1, 0.15) is 0 Å². The van der Waals surface area contributed by atoms with Crippen molar-refractivity contribution in [1.82, 2.24) is 10.9 Å². The van der Waals surface area contributed by atoms with E-state index in [0.29, 0.717) is 11.3 Å². The van der Waals surface area contributed by atoms with Crippen LogP contribution in [0.1, 0.15) is 12.5 Å². The number of hydrogen-bond acceptors (Lipinski definition) is 2. The maximum atomic E-state index is 11.7. The molecule has 4 heteroatoms. The summed E-state index contributed by atoms with van der Waals surface area (Å²) in [5.74, 6) is 5.08. The first-order chi connectivity index (χ1) is 9.54. The smallest absolute Gasteiger partial charge is 0.269 e. The molecule has 0 atom stereocenters. The van der Waals surface area contributed by atoms with Gasteiger partial charge in [0.25, 0.3) is 5.91 Å². The van der Waals surface area contributed by atoms with Crippen LogP contribution in [0.25, 0.3) is 5.70 Å². The summed E-state index contributed by atoms with van der Waals surface area (Å²) in [5.41, 5.74) is 7.06. The van der Waals surface area contributed by atoms with Crippen molar-refractivity contribution in [2.75, 3.05) is 0 Å². The highest BCUT2D eigenvalue weighted by molar-refractivity contribution is 9.10. The molecule has 0 aliphatic carbocycles. The van der Waals surface area contributed by atoms with Gasteiger partial charge in [-0.2, -0.15) is 0 Å². The van der Waals surface area contributed by atoms with Crippen molar-refractivity contribution >= 4 is 27.5 Å². The van der Waals surface area contributed by atoms with Gasteiger partial charge < -0.3 is 0 Å². The van der Waals surface area contributed by atoms with Gasteiger partial charge in [-0.25, -0.2) is 0 Å². The first-order valence-electron chi connectivity index (χ1n) is 5.83. The van der Waals surface area contributed by atoms with Gasteiger partial charge in [0.05, 0.1) is 5.70 Å². The summed E-state index contributed by atoms with van der Waals surface area (Å²) in [6.07, 6.45) is 3.13. The van der Waals surface area contributed by atoms with Crippen LogP contribution in [0.4, 0.5) is 0 Å². The third kappa shape index (κ3) is 5.17. The Hall–Kier alpha value is -2.25. The highest BCUT2D eigenvalue weighted by atomic mass is 79.9. The molecule has 2 N–H and O–H groups in total. The lowest BCUT2D eigenvalue weighted by Crippen LogP contribution is -2.36. The van der Waals surface area contributed by atoms with Gasteiger partial charge >= 0.3 is 0 Å². The van der Waals surface area contributed by atoms with Crippen LogP contribution in [0, 0.1) is 11.8 Å². The van der Waals surface area contributed by atoms with Crippen molar-refractivity contribution < 1.29 is 4.79 Å². The van der Waals surface area contributed by atoms with E-state index in [2.05, 4.69) is 51.8 Å². The van der Waals surface area contributed by atoms with E-state index in [9.17, 15) is 4.79 Å². The fourth-order valence-corrected chi connectivity index (χ4v) is 1.50. The van der Waals surface area contributed by atoms with Crippen molar-refractivity contribution in [2.45, 2.75) is 6.92 Å². The summed E-state index contributed by atoms with van der Waals surface area (Å²) < 4.78 is 0.980. The predicted octanol–water partition coefficient (Wildman–Crippen LogP) is 3.18. The third-order valence-corrected chi connectivity index (χ3v) is 2.85. The minimum absolute atomic E-state index is 0.309. The zero-order valence-electron chi connectivity index (χ0n) is 11.2.